The highest BCUT2D eigenvalue weighted by atomic mass is 16.5. The Morgan fingerprint density at radius 1 is 1.64 bits per heavy atom. The molecular formula is C10H16O. The maximum atomic E-state index is 5.37. The van der Waals surface area contributed by atoms with Gasteiger partial charge in [0.2, 0.25) is 0 Å². The van der Waals surface area contributed by atoms with Gasteiger partial charge < -0.3 is 4.74 Å². The molecule has 1 fully saturated rings. The summed E-state index contributed by atoms with van der Waals surface area (Å²) in [6.07, 6.45) is 6.80. The third-order valence-corrected chi connectivity index (χ3v) is 1.90. The van der Waals surface area contributed by atoms with Gasteiger partial charge >= 0.3 is 0 Å². The second-order valence-electron chi connectivity index (χ2n) is 2.91. The molecule has 1 rings (SSSR count). The SMILES string of the molecule is C=C1CCO/C1=C/CCCC. The molecule has 1 saturated heterocycles. The Morgan fingerprint density at radius 2 is 2.45 bits per heavy atom. The van der Waals surface area contributed by atoms with Crippen LogP contribution in [-0.4, -0.2) is 6.61 Å². The molecule has 0 spiro atoms. The molecular weight excluding hydrogens is 136 g/mol. The second-order valence-corrected chi connectivity index (χ2v) is 2.91. The molecule has 1 aliphatic heterocycles. The molecule has 0 aliphatic carbocycles. The Balaban J connectivity index is 2.33. The lowest BCUT2D eigenvalue weighted by Gasteiger charge is -1.97. The second kappa shape index (κ2) is 4.22. The minimum absolute atomic E-state index is 0.830. The molecule has 0 bridgehead atoms. The standard InChI is InChI=1S/C10H16O/c1-3-4-5-6-10-9(2)7-8-11-10/h6H,2-5,7-8H2,1H3/b10-6+. The largest absolute Gasteiger partial charge is 0.493 e. The fourth-order valence-electron chi connectivity index (χ4n) is 1.15. The minimum atomic E-state index is 0.830. The third kappa shape index (κ3) is 2.41. The van der Waals surface area contributed by atoms with E-state index in [0.29, 0.717) is 0 Å². The molecule has 0 aromatic carbocycles. The minimum Gasteiger partial charge on any atom is -0.493 e. The first-order chi connectivity index (χ1) is 5.34. The van der Waals surface area contributed by atoms with Crippen molar-refractivity contribution in [2.24, 2.45) is 0 Å². The van der Waals surface area contributed by atoms with Gasteiger partial charge in [0, 0.05) is 6.42 Å². The van der Waals surface area contributed by atoms with Gasteiger partial charge in [0.25, 0.3) is 0 Å². The summed E-state index contributed by atoms with van der Waals surface area (Å²) in [5.74, 6) is 1.04. The van der Waals surface area contributed by atoms with E-state index in [1.54, 1.807) is 0 Å². The summed E-state index contributed by atoms with van der Waals surface area (Å²) in [6.45, 7) is 6.95. The maximum Gasteiger partial charge on any atom is 0.118 e. The summed E-state index contributed by atoms with van der Waals surface area (Å²) in [7, 11) is 0. The zero-order chi connectivity index (χ0) is 8.10. The van der Waals surface area contributed by atoms with Gasteiger partial charge in [-0.3, -0.25) is 0 Å². The van der Waals surface area contributed by atoms with Crippen LogP contribution >= 0.6 is 0 Å². The lowest BCUT2D eigenvalue weighted by atomic mass is 10.2. The zero-order valence-corrected chi connectivity index (χ0v) is 7.23. The van der Waals surface area contributed by atoms with E-state index in [2.05, 4.69) is 19.6 Å². The van der Waals surface area contributed by atoms with Gasteiger partial charge in [-0.2, -0.15) is 0 Å². The number of ether oxygens (including phenoxy) is 1. The van der Waals surface area contributed by atoms with Crippen LogP contribution in [0.3, 0.4) is 0 Å². The average Bonchev–Trinajstić information content (AvgIpc) is 2.37. The van der Waals surface area contributed by atoms with E-state index in [1.165, 1.54) is 18.4 Å². The molecule has 11 heavy (non-hydrogen) atoms. The van der Waals surface area contributed by atoms with Gasteiger partial charge in [0.05, 0.1) is 6.61 Å². The Bertz CT molecular complexity index is 168. The predicted molar refractivity (Wildman–Crippen MR) is 47.3 cm³/mol. The van der Waals surface area contributed by atoms with E-state index in [0.717, 1.165) is 25.2 Å². The first-order valence-corrected chi connectivity index (χ1v) is 4.35. The van der Waals surface area contributed by atoms with Crippen LogP contribution in [0.15, 0.2) is 24.0 Å². The van der Waals surface area contributed by atoms with Gasteiger partial charge in [-0.05, 0) is 24.5 Å². The third-order valence-electron chi connectivity index (χ3n) is 1.90. The van der Waals surface area contributed by atoms with E-state index < -0.39 is 0 Å². The Morgan fingerprint density at radius 3 is 3.00 bits per heavy atom. The summed E-state index contributed by atoms with van der Waals surface area (Å²) in [5.41, 5.74) is 1.17. The van der Waals surface area contributed by atoms with E-state index in [-0.39, 0.29) is 0 Å². The molecule has 0 amide bonds. The van der Waals surface area contributed by atoms with Crippen molar-refractivity contribution in [2.45, 2.75) is 32.6 Å². The van der Waals surface area contributed by atoms with Crippen molar-refractivity contribution in [2.75, 3.05) is 6.61 Å². The number of allylic oxidation sites excluding steroid dienone is 2. The number of hydrogen-bond acceptors (Lipinski definition) is 1. The molecule has 0 aromatic heterocycles. The predicted octanol–water partition coefficient (Wildman–Crippen LogP) is 3.04. The van der Waals surface area contributed by atoms with Crippen LogP contribution in [0.5, 0.6) is 0 Å². The summed E-state index contributed by atoms with van der Waals surface area (Å²) in [4.78, 5) is 0. The van der Waals surface area contributed by atoms with Crippen molar-refractivity contribution in [3.63, 3.8) is 0 Å². The summed E-state index contributed by atoms with van der Waals surface area (Å²) < 4.78 is 5.37. The fraction of sp³-hybridized carbons (Fsp3) is 0.600. The Hall–Kier alpha value is -0.720. The van der Waals surface area contributed by atoms with E-state index in [4.69, 9.17) is 4.74 Å². The molecule has 1 heteroatoms. The highest BCUT2D eigenvalue weighted by Crippen LogP contribution is 2.22. The highest BCUT2D eigenvalue weighted by molar-refractivity contribution is 5.25. The van der Waals surface area contributed by atoms with Crippen molar-refractivity contribution in [1.82, 2.24) is 0 Å². The molecule has 0 N–H and O–H groups in total. The fourth-order valence-corrected chi connectivity index (χ4v) is 1.15. The van der Waals surface area contributed by atoms with Crippen LogP contribution in [0, 0.1) is 0 Å². The number of hydrogen-bond donors (Lipinski definition) is 0. The van der Waals surface area contributed by atoms with Crippen LogP contribution < -0.4 is 0 Å². The van der Waals surface area contributed by atoms with Crippen molar-refractivity contribution < 1.29 is 4.74 Å². The summed E-state index contributed by atoms with van der Waals surface area (Å²) in [5, 5.41) is 0. The van der Waals surface area contributed by atoms with Crippen molar-refractivity contribution in [1.29, 1.82) is 0 Å². The normalized spacial score (nSPS) is 20.8. The lowest BCUT2D eigenvalue weighted by Crippen LogP contribution is -1.80. The monoisotopic (exact) mass is 152 g/mol. The Kier molecular flexibility index (Phi) is 3.21. The maximum absolute atomic E-state index is 5.37. The van der Waals surface area contributed by atoms with Gasteiger partial charge in [-0.15, -0.1) is 0 Å². The van der Waals surface area contributed by atoms with Crippen LogP contribution in [0.25, 0.3) is 0 Å². The molecule has 62 valence electrons. The molecule has 0 aromatic rings. The van der Waals surface area contributed by atoms with E-state index in [1.807, 2.05) is 0 Å². The van der Waals surface area contributed by atoms with Crippen molar-refractivity contribution >= 4 is 0 Å². The molecule has 1 heterocycles. The first-order valence-electron chi connectivity index (χ1n) is 4.35. The highest BCUT2D eigenvalue weighted by Gasteiger charge is 2.10. The van der Waals surface area contributed by atoms with Crippen LogP contribution in [0.1, 0.15) is 32.6 Å². The first kappa shape index (κ1) is 8.38. The lowest BCUT2D eigenvalue weighted by molar-refractivity contribution is 0.264. The number of unbranched alkanes of at least 4 members (excludes halogenated alkanes) is 2. The molecule has 0 radical (unpaired) electrons. The van der Waals surface area contributed by atoms with E-state index >= 15 is 0 Å². The smallest absolute Gasteiger partial charge is 0.118 e. The molecule has 0 saturated carbocycles. The summed E-state index contributed by atoms with van der Waals surface area (Å²) >= 11 is 0. The van der Waals surface area contributed by atoms with Crippen LogP contribution in [0.4, 0.5) is 0 Å². The number of rotatable bonds is 3. The molecule has 1 aliphatic rings. The molecule has 0 unspecified atom stereocenters. The summed E-state index contributed by atoms with van der Waals surface area (Å²) in [6, 6.07) is 0. The average molecular weight is 152 g/mol. The van der Waals surface area contributed by atoms with Gasteiger partial charge in [0.1, 0.15) is 5.76 Å². The molecule has 1 nitrogen and oxygen atoms in total. The Labute approximate surface area is 68.8 Å². The van der Waals surface area contributed by atoms with Crippen molar-refractivity contribution in [3.8, 4) is 0 Å². The van der Waals surface area contributed by atoms with Crippen molar-refractivity contribution in [3.05, 3.63) is 24.0 Å². The van der Waals surface area contributed by atoms with Crippen LogP contribution in [-0.2, 0) is 4.74 Å². The van der Waals surface area contributed by atoms with Gasteiger partial charge in [-0.1, -0.05) is 19.9 Å². The van der Waals surface area contributed by atoms with E-state index in [9.17, 15) is 0 Å². The van der Waals surface area contributed by atoms with Crippen LogP contribution in [0.2, 0.25) is 0 Å². The molecule has 0 atom stereocenters. The topological polar surface area (TPSA) is 9.23 Å². The van der Waals surface area contributed by atoms with Gasteiger partial charge in [0.15, 0.2) is 0 Å². The van der Waals surface area contributed by atoms with Gasteiger partial charge in [-0.25, -0.2) is 0 Å². The zero-order valence-electron chi connectivity index (χ0n) is 7.23. The quantitative estimate of drug-likeness (QED) is 0.565.